The van der Waals surface area contributed by atoms with Crippen molar-refractivity contribution in [3.63, 3.8) is 0 Å². The van der Waals surface area contributed by atoms with Crippen molar-refractivity contribution in [1.29, 1.82) is 0 Å². The number of aromatic carboxylic acids is 1. The monoisotopic (exact) mass is 461 g/mol. The van der Waals surface area contributed by atoms with Gasteiger partial charge < -0.3 is 10.4 Å². The number of nitrogens with one attached hydrogen (secondary N) is 1. The Morgan fingerprint density at radius 1 is 1.00 bits per heavy atom. The van der Waals surface area contributed by atoms with Crippen molar-refractivity contribution >= 4 is 11.9 Å². The molecule has 0 bridgehead atoms. The number of carboxylic acids is 1. The number of nitrogens with zero attached hydrogens (tertiary/aromatic N) is 4. The SMILES string of the molecule is CCc1c(C(=O)NCC2CCN(Cc3ccc(C(=O)O)cc3)CC2)nnn1Cc1ccccc1. The van der Waals surface area contributed by atoms with Crippen molar-refractivity contribution in [3.05, 3.63) is 82.7 Å². The molecule has 4 rings (SSSR count). The lowest BCUT2D eigenvalue weighted by molar-refractivity contribution is 0.0696. The fourth-order valence-electron chi connectivity index (χ4n) is 4.42. The molecule has 1 fully saturated rings. The van der Waals surface area contributed by atoms with Gasteiger partial charge in [-0.05, 0) is 61.5 Å². The van der Waals surface area contributed by atoms with Crippen molar-refractivity contribution in [2.24, 2.45) is 5.92 Å². The molecule has 178 valence electrons. The minimum atomic E-state index is -0.904. The molecule has 2 N–H and O–H groups in total. The first-order valence-electron chi connectivity index (χ1n) is 11.8. The number of aromatic nitrogens is 3. The lowest BCUT2D eigenvalue weighted by Crippen LogP contribution is -2.38. The largest absolute Gasteiger partial charge is 0.478 e. The molecule has 0 spiro atoms. The molecule has 8 heteroatoms. The van der Waals surface area contributed by atoms with E-state index in [0.29, 0.717) is 36.7 Å². The number of carbonyl (C=O) groups is 2. The van der Waals surface area contributed by atoms with E-state index >= 15 is 0 Å². The highest BCUT2D eigenvalue weighted by molar-refractivity contribution is 5.93. The van der Waals surface area contributed by atoms with E-state index in [0.717, 1.165) is 49.3 Å². The van der Waals surface area contributed by atoms with Crippen LogP contribution in [-0.2, 0) is 19.5 Å². The lowest BCUT2D eigenvalue weighted by Gasteiger charge is -2.32. The van der Waals surface area contributed by atoms with Crippen LogP contribution in [0.1, 0.15) is 57.4 Å². The van der Waals surface area contributed by atoms with Crippen molar-refractivity contribution in [2.45, 2.75) is 39.3 Å². The molecule has 0 radical (unpaired) electrons. The van der Waals surface area contributed by atoms with Gasteiger partial charge in [-0.1, -0.05) is 54.6 Å². The number of carboxylic acid groups (broad SMARTS) is 1. The minimum Gasteiger partial charge on any atom is -0.478 e. The third-order valence-corrected chi connectivity index (χ3v) is 6.43. The number of hydrogen-bond acceptors (Lipinski definition) is 5. The predicted octanol–water partition coefficient (Wildman–Crippen LogP) is 3.23. The molecule has 1 saturated heterocycles. The average Bonchev–Trinajstić information content (AvgIpc) is 3.27. The molecular weight excluding hydrogens is 430 g/mol. The highest BCUT2D eigenvalue weighted by Crippen LogP contribution is 2.19. The van der Waals surface area contributed by atoms with Gasteiger partial charge in [-0.15, -0.1) is 5.10 Å². The Kier molecular flexibility index (Phi) is 7.69. The fourth-order valence-corrected chi connectivity index (χ4v) is 4.42. The molecule has 0 aliphatic carbocycles. The van der Waals surface area contributed by atoms with Gasteiger partial charge >= 0.3 is 5.97 Å². The van der Waals surface area contributed by atoms with Gasteiger partial charge in [0.25, 0.3) is 5.91 Å². The molecule has 8 nitrogen and oxygen atoms in total. The van der Waals surface area contributed by atoms with Crippen LogP contribution in [0.4, 0.5) is 0 Å². The van der Waals surface area contributed by atoms with E-state index in [1.807, 2.05) is 54.1 Å². The standard InChI is InChI=1S/C26H31N5O3/c1-2-23-24(28-29-31(23)18-20-6-4-3-5-7-20)25(32)27-16-19-12-14-30(15-13-19)17-21-8-10-22(11-9-21)26(33)34/h3-11,19H,2,12-18H2,1H3,(H,27,32)(H,33,34). The molecule has 3 aromatic rings. The second kappa shape index (κ2) is 11.1. The summed E-state index contributed by atoms with van der Waals surface area (Å²) in [4.78, 5) is 26.2. The number of rotatable bonds is 9. The molecule has 2 heterocycles. The predicted molar refractivity (Wildman–Crippen MR) is 129 cm³/mol. The van der Waals surface area contributed by atoms with Gasteiger partial charge in [0.2, 0.25) is 0 Å². The first kappa shape index (κ1) is 23.6. The van der Waals surface area contributed by atoms with E-state index in [1.54, 1.807) is 12.1 Å². The minimum absolute atomic E-state index is 0.155. The first-order chi connectivity index (χ1) is 16.5. The average molecular weight is 462 g/mol. The summed E-state index contributed by atoms with van der Waals surface area (Å²) >= 11 is 0. The maximum atomic E-state index is 12.8. The van der Waals surface area contributed by atoms with Crippen molar-refractivity contribution in [2.75, 3.05) is 19.6 Å². The van der Waals surface area contributed by atoms with Crippen molar-refractivity contribution in [1.82, 2.24) is 25.2 Å². The van der Waals surface area contributed by atoms with Gasteiger partial charge in [0.05, 0.1) is 17.8 Å². The van der Waals surface area contributed by atoms with Crippen LogP contribution < -0.4 is 5.32 Å². The molecule has 0 atom stereocenters. The second-order valence-corrected chi connectivity index (χ2v) is 8.81. The first-order valence-corrected chi connectivity index (χ1v) is 11.8. The maximum Gasteiger partial charge on any atom is 0.335 e. The Hall–Kier alpha value is -3.52. The van der Waals surface area contributed by atoms with E-state index in [1.165, 1.54) is 0 Å². The number of benzene rings is 2. The number of hydrogen-bond donors (Lipinski definition) is 2. The molecule has 2 aromatic carbocycles. The molecule has 0 saturated carbocycles. The van der Waals surface area contributed by atoms with Crippen LogP contribution in [0.3, 0.4) is 0 Å². The Morgan fingerprint density at radius 3 is 2.32 bits per heavy atom. The smallest absolute Gasteiger partial charge is 0.335 e. The van der Waals surface area contributed by atoms with Crippen LogP contribution in [0.25, 0.3) is 0 Å². The van der Waals surface area contributed by atoms with Crippen molar-refractivity contribution in [3.8, 4) is 0 Å². The van der Waals surface area contributed by atoms with E-state index in [9.17, 15) is 9.59 Å². The van der Waals surface area contributed by atoms with Gasteiger partial charge in [0, 0.05) is 13.1 Å². The summed E-state index contributed by atoms with van der Waals surface area (Å²) in [7, 11) is 0. The molecular formula is C26H31N5O3. The fraction of sp³-hybridized carbons (Fsp3) is 0.385. The summed E-state index contributed by atoms with van der Waals surface area (Å²) in [5.74, 6) is -0.629. The maximum absolute atomic E-state index is 12.8. The zero-order chi connectivity index (χ0) is 23.9. The van der Waals surface area contributed by atoms with Gasteiger partial charge in [-0.2, -0.15) is 0 Å². The highest BCUT2D eigenvalue weighted by Gasteiger charge is 2.23. The summed E-state index contributed by atoms with van der Waals surface area (Å²) < 4.78 is 1.81. The van der Waals surface area contributed by atoms with Crippen LogP contribution in [0.2, 0.25) is 0 Å². The van der Waals surface area contributed by atoms with E-state index in [2.05, 4.69) is 20.5 Å². The number of amides is 1. The second-order valence-electron chi connectivity index (χ2n) is 8.81. The zero-order valence-electron chi connectivity index (χ0n) is 19.5. The van der Waals surface area contributed by atoms with Gasteiger partial charge in [0.1, 0.15) is 0 Å². The van der Waals surface area contributed by atoms with Crippen LogP contribution in [0.15, 0.2) is 54.6 Å². The molecule has 1 amide bonds. The molecule has 1 aromatic heterocycles. The summed E-state index contributed by atoms with van der Waals surface area (Å²) in [6.07, 6.45) is 2.71. The summed E-state index contributed by atoms with van der Waals surface area (Å²) in [6.45, 7) is 5.96. The summed E-state index contributed by atoms with van der Waals surface area (Å²) in [6, 6.07) is 17.1. The Balaban J connectivity index is 1.25. The van der Waals surface area contributed by atoms with Crippen LogP contribution in [0.5, 0.6) is 0 Å². The Bertz CT molecular complexity index is 1100. The van der Waals surface area contributed by atoms with Gasteiger partial charge in [-0.25, -0.2) is 9.48 Å². The van der Waals surface area contributed by atoms with Crippen LogP contribution >= 0.6 is 0 Å². The number of piperidine rings is 1. The topological polar surface area (TPSA) is 100 Å². The van der Waals surface area contributed by atoms with E-state index in [-0.39, 0.29) is 5.91 Å². The quantitative estimate of drug-likeness (QED) is 0.508. The van der Waals surface area contributed by atoms with Crippen molar-refractivity contribution < 1.29 is 14.7 Å². The molecule has 1 aliphatic rings. The third-order valence-electron chi connectivity index (χ3n) is 6.43. The van der Waals surface area contributed by atoms with E-state index in [4.69, 9.17) is 5.11 Å². The lowest BCUT2D eigenvalue weighted by atomic mass is 9.96. The number of likely N-dealkylation sites (tertiary alicyclic amines) is 1. The van der Waals surface area contributed by atoms with Crippen LogP contribution in [0, 0.1) is 5.92 Å². The summed E-state index contributed by atoms with van der Waals surface area (Å²) in [5.41, 5.74) is 3.82. The number of carbonyl (C=O) groups excluding carboxylic acids is 1. The molecule has 34 heavy (non-hydrogen) atoms. The normalized spacial score (nSPS) is 14.7. The third kappa shape index (κ3) is 5.88. The zero-order valence-corrected chi connectivity index (χ0v) is 19.5. The Labute approximate surface area is 199 Å². The highest BCUT2D eigenvalue weighted by atomic mass is 16.4. The molecule has 1 aliphatic heterocycles. The van der Waals surface area contributed by atoms with Crippen LogP contribution in [-0.4, -0.2) is 56.5 Å². The van der Waals surface area contributed by atoms with E-state index < -0.39 is 5.97 Å². The summed E-state index contributed by atoms with van der Waals surface area (Å²) in [5, 5.41) is 20.5. The van der Waals surface area contributed by atoms with Gasteiger partial charge in [0.15, 0.2) is 5.69 Å². The van der Waals surface area contributed by atoms with Gasteiger partial charge in [-0.3, -0.25) is 9.69 Å². The molecule has 0 unspecified atom stereocenters. The Morgan fingerprint density at radius 2 is 1.68 bits per heavy atom.